The molecule has 1 saturated heterocycles. The Morgan fingerprint density at radius 2 is 2.20 bits per heavy atom. The zero-order valence-electron chi connectivity index (χ0n) is 8.39. The Morgan fingerprint density at radius 1 is 1.47 bits per heavy atom. The van der Waals surface area contributed by atoms with E-state index in [4.69, 9.17) is 0 Å². The molecule has 0 unspecified atom stereocenters. The number of benzene rings is 1. The van der Waals surface area contributed by atoms with E-state index in [1.54, 1.807) is 4.90 Å². The number of hydrogen-bond donors (Lipinski definition) is 0. The van der Waals surface area contributed by atoms with Gasteiger partial charge in [0.05, 0.1) is 5.69 Å². The maximum absolute atomic E-state index is 13.1. The summed E-state index contributed by atoms with van der Waals surface area (Å²) in [4.78, 5) is 13.3. The molecule has 0 bridgehead atoms. The van der Waals surface area contributed by atoms with Gasteiger partial charge >= 0.3 is 0 Å². The summed E-state index contributed by atoms with van der Waals surface area (Å²) in [5, 5.41) is 0. The Bertz CT molecular complexity index is 396. The fraction of sp³-hybridized carbons (Fsp3) is 0.364. The number of rotatable bonds is 1. The van der Waals surface area contributed by atoms with Crippen LogP contribution in [-0.4, -0.2) is 12.5 Å². The fourth-order valence-corrected chi connectivity index (χ4v) is 2.67. The van der Waals surface area contributed by atoms with Crippen LogP contribution in [0.5, 0.6) is 0 Å². The second kappa shape index (κ2) is 3.93. The Balaban J connectivity index is 2.47. The van der Waals surface area contributed by atoms with E-state index in [1.807, 2.05) is 6.92 Å². The topological polar surface area (TPSA) is 20.3 Å². The van der Waals surface area contributed by atoms with E-state index in [2.05, 4.69) is 15.9 Å². The lowest BCUT2D eigenvalue weighted by Gasteiger charge is -2.20. The van der Waals surface area contributed by atoms with Gasteiger partial charge in [-0.3, -0.25) is 4.79 Å². The van der Waals surface area contributed by atoms with Gasteiger partial charge in [0.15, 0.2) is 0 Å². The second-order valence-electron chi connectivity index (χ2n) is 3.70. The highest BCUT2D eigenvalue weighted by atomic mass is 79.9. The molecule has 1 amide bonds. The molecule has 1 aromatic carbocycles. The third kappa shape index (κ3) is 1.91. The summed E-state index contributed by atoms with van der Waals surface area (Å²) >= 11 is 3.30. The molecule has 0 aliphatic carbocycles. The minimum absolute atomic E-state index is 0.116. The van der Waals surface area contributed by atoms with E-state index in [0.717, 1.165) is 24.2 Å². The average molecular weight is 272 g/mol. The third-order valence-electron chi connectivity index (χ3n) is 2.56. The number of hydrogen-bond acceptors (Lipinski definition) is 1. The quantitative estimate of drug-likeness (QED) is 0.769. The molecule has 2 nitrogen and oxygen atoms in total. The van der Waals surface area contributed by atoms with Crippen molar-refractivity contribution >= 4 is 27.5 Å². The minimum atomic E-state index is -0.283. The highest BCUT2D eigenvalue weighted by Gasteiger charge is 2.25. The molecule has 1 aliphatic heterocycles. The van der Waals surface area contributed by atoms with Crippen molar-refractivity contribution in [1.82, 2.24) is 0 Å². The molecule has 0 atom stereocenters. The number of anilines is 1. The van der Waals surface area contributed by atoms with Gasteiger partial charge in [-0.25, -0.2) is 4.39 Å². The predicted octanol–water partition coefficient (Wildman–Crippen LogP) is 3.02. The van der Waals surface area contributed by atoms with Gasteiger partial charge in [0.1, 0.15) is 5.82 Å². The zero-order valence-corrected chi connectivity index (χ0v) is 9.97. The molecule has 1 heterocycles. The van der Waals surface area contributed by atoms with E-state index >= 15 is 0 Å². The van der Waals surface area contributed by atoms with Gasteiger partial charge in [0, 0.05) is 17.4 Å². The minimum Gasteiger partial charge on any atom is -0.311 e. The predicted molar refractivity (Wildman–Crippen MR) is 60.4 cm³/mol. The van der Waals surface area contributed by atoms with Gasteiger partial charge in [-0.1, -0.05) is 0 Å². The van der Waals surface area contributed by atoms with E-state index in [9.17, 15) is 9.18 Å². The maximum atomic E-state index is 13.1. The van der Waals surface area contributed by atoms with Gasteiger partial charge in [0.2, 0.25) is 5.91 Å². The van der Waals surface area contributed by atoms with Crippen molar-refractivity contribution in [2.75, 3.05) is 11.4 Å². The molecule has 2 rings (SSSR count). The van der Waals surface area contributed by atoms with Gasteiger partial charge in [0.25, 0.3) is 0 Å². The van der Waals surface area contributed by atoms with E-state index in [1.165, 1.54) is 12.1 Å². The molecule has 0 radical (unpaired) electrons. The second-order valence-corrected chi connectivity index (χ2v) is 4.56. The van der Waals surface area contributed by atoms with Crippen LogP contribution >= 0.6 is 15.9 Å². The normalized spacial score (nSPS) is 16.2. The molecule has 1 aliphatic rings. The Morgan fingerprint density at radius 3 is 2.73 bits per heavy atom. The highest BCUT2D eigenvalue weighted by molar-refractivity contribution is 9.10. The summed E-state index contributed by atoms with van der Waals surface area (Å²) in [5.74, 6) is -0.167. The monoisotopic (exact) mass is 271 g/mol. The van der Waals surface area contributed by atoms with Crippen LogP contribution in [0.25, 0.3) is 0 Å². The number of carbonyl (C=O) groups excluding carboxylic acids is 1. The largest absolute Gasteiger partial charge is 0.311 e. The first-order valence-corrected chi connectivity index (χ1v) is 5.65. The van der Waals surface area contributed by atoms with Crippen LogP contribution in [0.2, 0.25) is 0 Å². The smallest absolute Gasteiger partial charge is 0.227 e. The number of aryl methyl sites for hydroxylation is 1. The first-order valence-electron chi connectivity index (χ1n) is 4.85. The number of amides is 1. The molecule has 0 saturated carbocycles. The Labute approximate surface area is 96.2 Å². The van der Waals surface area contributed by atoms with E-state index < -0.39 is 0 Å². The van der Waals surface area contributed by atoms with Crippen LogP contribution in [0, 0.1) is 12.7 Å². The summed E-state index contributed by atoms with van der Waals surface area (Å²) in [6.07, 6.45) is 1.46. The molecular formula is C11H11BrFNO. The van der Waals surface area contributed by atoms with Gasteiger partial charge in [-0.15, -0.1) is 0 Å². The molecule has 15 heavy (non-hydrogen) atoms. The summed E-state index contributed by atoms with van der Waals surface area (Å²) in [7, 11) is 0. The first-order chi connectivity index (χ1) is 7.09. The molecule has 1 fully saturated rings. The van der Waals surface area contributed by atoms with Crippen molar-refractivity contribution in [3.63, 3.8) is 0 Å². The molecule has 0 N–H and O–H groups in total. The summed E-state index contributed by atoms with van der Waals surface area (Å²) < 4.78 is 13.7. The Kier molecular flexibility index (Phi) is 2.78. The van der Waals surface area contributed by atoms with Gasteiger partial charge in [-0.05, 0) is 47.0 Å². The highest BCUT2D eigenvalue weighted by Crippen LogP contribution is 2.33. The fourth-order valence-electron chi connectivity index (χ4n) is 1.92. The van der Waals surface area contributed by atoms with Crippen molar-refractivity contribution in [1.29, 1.82) is 0 Å². The van der Waals surface area contributed by atoms with Crippen molar-refractivity contribution < 1.29 is 9.18 Å². The lowest BCUT2D eigenvalue weighted by Crippen LogP contribution is -2.25. The summed E-state index contributed by atoms with van der Waals surface area (Å²) in [5.41, 5.74) is 1.59. The van der Waals surface area contributed by atoms with Crippen LogP contribution in [0.3, 0.4) is 0 Å². The summed E-state index contributed by atoms with van der Waals surface area (Å²) in [6.45, 7) is 2.54. The van der Waals surface area contributed by atoms with E-state index in [-0.39, 0.29) is 11.7 Å². The van der Waals surface area contributed by atoms with Crippen LogP contribution in [0.15, 0.2) is 16.6 Å². The number of carbonyl (C=O) groups is 1. The lowest BCUT2D eigenvalue weighted by molar-refractivity contribution is -0.117. The Hall–Kier alpha value is -0.900. The van der Waals surface area contributed by atoms with Gasteiger partial charge in [-0.2, -0.15) is 0 Å². The number of halogens is 2. The zero-order chi connectivity index (χ0) is 11.0. The van der Waals surface area contributed by atoms with Crippen LogP contribution in [0.4, 0.5) is 10.1 Å². The standard InChI is InChI=1S/C11H11BrFNO/c1-7-5-8(13)6-9(12)11(7)14-4-2-3-10(14)15/h5-6H,2-4H2,1H3. The first kappa shape index (κ1) is 10.6. The lowest BCUT2D eigenvalue weighted by atomic mass is 10.2. The molecule has 0 spiro atoms. The van der Waals surface area contributed by atoms with E-state index in [0.29, 0.717) is 10.9 Å². The van der Waals surface area contributed by atoms with Crippen molar-refractivity contribution in [3.8, 4) is 0 Å². The van der Waals surface area contributed by atoms with Crippen LogP contribution in [0.1, 0.15) is 18.4 Å². The third-order valence-corrected chi connectivity index (χ3v) is 3.17. The molecule has 0 aromatic heterocycles. The van der Waals surface area contributed by atoms with Crippen molar-refractivity contribution in [2.45, 2.75) is 19.8 Å². The van der Waals surface area contributed by atoms with Crippen LogP contribution in [-0.2, 0) is 4.79 Å². The maximum Gasteiger partial charge on any atom is 0.227 e. The molecular weight excluding hydrogens is 261 g/mol. The molecule has 1 aromatic rings. The van der Waals surface area contributed by atoms with Crippen molar-refractivity contribution in [2.24, 2.45) is 0 Å². The van der Waals surface area contributed by atoms with Gasteiger partial charge < -0.3 is 4.90 Å². The molecule has 80 valence electrons. The average Bonchev–Trinajstić information content (AvgIpc) is 2.50. The van der Waals surface area contributed by atoms with Crippen molar-refractivity contribution in [3.05, 3.63) is 28.0 Å². The summed E-state index contributed by atoms with van der Waals surface area (Å²) in [6, 6.07) is 2.85. The number of nitrogens with zero attached hydrogens (tertiary/aromatic N) is 1. The SMILES string of the molecule is Cc1cc(F)cc(Br)c1N1CCCC1=O. The molecule has 4 heteroatoms. The van der Waals surface area contributed by atoms with Crippen LogP contribution < -0.4 is 4.90 Å².